The lowest BCUT2D eigenvalue weighted by Gasteiger charge is -2.31. The molecule has 0 spiro atoms. The van der Waals surface area contributed by atoms with E-state index in [1.54, 1.807) is 13.4 Å². The van der Waals surface area contributed by atoms with Crippen LogP contribution in [-0.2, 0) is 4.74 Å². The highest BCUT2D eigenvalue weighted by atomic mass is 16.5. The van der Waals surface area contributed by atoms with Gasteiger partial charge in [0.25, 0.3) is 0 Å². The van der Waals surface area contributed by atoms with Gasteiger partial charge in [-0.1, -0.05) is 26.0 Å². The summed E-state index contributed by atoms with van der Waals surface area (Å²) in [6, 6.07) is 4.29. The lowest BCUT2D eigenvalue weighted by molar-refractivity contribution is 0.164. The van der Waals surface area contributed by atoms with Gasteiger partial charge in [0.2, 0.25) is 0 Å². The fraction of sp³-hybridized carbons (Fsp3) is 0.500. The topological polar surface area (TPSA) is 38.0 Å². The lowest BCUT2D eigenvalue weighted by Crippen LogP contribution is -2.31. The number of furan rings is 1. The Hall–Kier alpha value is -1.81. The molecule has 1 fully saturated rings. The summed E-state index contributed by atoms with van der Waals surface area (Å²) in [6.07, 6.45) is 10.2. The van der Waals surface area contributed by atoms with Crippen molar-refractivity contribution >= 4 is 5.84 Å². The van der Waals surface area contributed by atoms with Crippen molar-refractivity contribution in [2.75, 3.05) is 13.7 Å². The van der Waals surface area contributed by atoms with E-state index in [2.05, 4.69) is 37.0 Å². The van der Waals surface area contributed by atoms with Crippen molar-refractivity contribution in [3.8, 4) is 0 Å². The summed E-state index contributed by atoms with van der Waals surface area (Å²) < 4.78 is 11.0. The first kappa shape index (κ1) is 15.1. The summed E-state index contributed by atoms with van der Waals surface area (Å²) in [5.41, 5.74) is 1.32. The summed E-state index contributed by atoms with van der Waals surface area (Å²) in [7, 11) is 1.74. The Balaban J connectivity index is 1.90. The molecule has 0 unspecified atom stereocenters. The standard InChI is InChI=1S/C18H24N2O2/c1-13(2)15(12-21-3)19-18-10-9-14-6-4-7-16(20(14)18)17-8-5-11-22-17/h4-8,11,13,15-16H,9-10,12H2,1-3H3/t15-,16+/m1/s1. The van der Waals surface area contributed by atoms with Crippen molar-refractivity contribution in [1.82, 2.24) is 4.90 Å². The van der Waals surface area contributed by atoms with Crippen LogP contribution in [-0.4, -0.2) is 30.5 Å². The molecule has 2 aliphatic rings. The van der Waals surface area contributed by atoms with Crippen molar-refractivity contribution < 1.29 is 9.15 Å². The number of amidine groups is 1. The first-order chi connectivity index (χ1) is 10.7. The summed E-state index contributed by atoms with van der Waals surface area (Å²) in [5, 5.41) is 0. The van der Waals surface area contributed by atoms with E-state index >= 15 is 0 Å². The quantitative estimate of drug-likeness (QED) is 0.826. The summed E-state index contributed by atoms with van der Waals surface area (Å²) in [6.45, 7) is 5.05. The van der Waals surface area contributed by atoms with Gasteiger partial charge in [-0.2, -0.15) is 0 Å². The van der Waals surface area contributed by atoms with Crippen molar-refractivity contribution in [2.24, 2.45) is 10.9 Å². The normalized spacial score (nSPS) is 24.0. The maximum absolute atomic E-state index is 5.63. The lowest BCUT2D eigenvalue weighted by atomic mass is 10.1. The SMILES string of the molecule is COC[C@@H](N=C1CCC2=CC=C[C@@H](c3ccco3)N21)C(C)C. The Bertz CT molecular complexity index is 584. The molecule has 3 rings (SSSR count). The third-order valence-corrected chi connectivity index (χ3v) is 4.31. The third kappa shape index (κ3) is 2.88. The third-order valence-electron chi connectivity index (χ3n) is 4.31. The van der Waals surface area contributed by atoms with Gasteiger partial charge in [-0.25, -0.2) is 0 Å². The van der Waals surface area contributed by atoms with Crippen LogP contribution in [0.4, 0.5) is 0 Å². The van der Waals surface area contributed by atoms with Crippen LogP contribution in [0.1, 0.15) is 38.5 Å². The molecule has 0 bridgehead atoms. The fourth-order valence-corrected chi connectivity index (χ4v) is 3.06. The average molecular weight is 300 g/mol. The molecule has 0 aromatic carbocycles. The minimum atomic E-state index is 0.117. The van der Waals surface area contributed by atoms with Crippen LogP contribution in [0.3, 0.4) is 0 Å². The molecule has 0 amide bonds. The number of ether oxygens (including phenoxy) is 1. The largest absolute Gasteiger partial charge is 0.467 e. The zero-order valence-electron chi connectivity index (χ0n) is 13.5. The molecule has 2 atom stereocenters. The molecule has 2 aliphatic heterocycles. The first-order valence-electron chi connectivity index (χ1n) is 7.96. The molecule has 4 heteroatoms. The number of rotatable bonds is 5. The summed E-state index contributed by atoms with van der Waals surface area (Å²) >= 11 is 0. The van der Waals surface area contributed by atoms with Gasteiger partial charge in [0.1, 0.15) is 17.6 Å². The van der Waals surface area contributed by atoms with Crippen molar-refractivity contribution in [3.63, 3.8) is 0 Å². The van der Waals surface area contributed by atoms with E-state index in [0.29, 0.717) is 12.5 Å². The number of methoxy groups -OCH3 is 1. The second-order valence-electron chi connectivity index (χ2n) is 6.19. The number of hydrogen-bond acceptors (Lipinski definition) is 3. The maximum atomic E-state index is 5.63. The minimum Gasteiger partial charge on any atom is -0.467 e. The first-order valence-corrected chi connectivity index (χ1v) is 7.96. The minimum absolute atomic E-state index is 0.117. The van der Waals surface area contributed by atoms with Gasteiger partial charge in [0, 0.05) is 19.2 Å². The van der Waals surface area contributed by atoms with E-state index < -0.39 is 0 Å². The van der Waals surface area contributed by atoms with Crippen LogP contribution in [0.5, 0.6) is 0 Å². The molecule has 1 aromatic rings. The fourth-order valence-electron chi connectivity index (χ4n) is 3.06. The Morgan fingerprint density at radius 3 is 2.95 bits per heavy atom. The highest BCUT2D eigenvalue weighted by molar-refractivity contribution is 5.88. The highest BCUT2D eigenvalue weighted by Gasteiger charge is 2.33. The predicted molar refractivity (Wildman–Crippen MR) is 87.7 cm³/mol. The summed E-state index contributed by atoms with van der Waals surface area (Å²) in [5.74, 6) is 2.57. The van der Waals surface area contributed by atoms with E-state index in [-0.39, 0.29) is 12.1 Å². The molecule has 1 saturated heterocycles. The predicted octanol–water partition coefficient (Wildman–Crippen LogP) is 3.94. The average Bonchev–Trinajstić information content (AvgIpc) is 3.16. The number of hydrogen-bond donors (Lipinski definition) is 0. The van der Waals surface area contributed by atoms with Crippen molar-refractivity contribution in [2.45, 2.75) is 38.8 Å². The van der Waals surface area contributed by atoms with Crippen LogP contribution in [0.25, 0.3) is 0 Å². The molecular formula is C18H24N2O2. The molecule has 3 heterocycles. The Morgan fingerprint density at radius 1 is 1.41 bits per heavy atom. The monoisotopic (exact) mass is 300 g/mol. The number of nitrogens with zero attached hydrogens (tertiary/aromatic N) is 2. The molecule has 22 heavy (non-hydrogen) atoms. The zero-order valence-corrected chi connectivity index (χ0v) is 13.5. The molecule has 4 nitrogen and oxygen atoms in total. The Kier molecular flexibility index (Phi) is 4.48. The molecule has 0 radical (unpaired) electrons. The van der Waals surface area contributed by atoms with Gasteiger partial charge in [-0.05, 0) is 30.5 Å². The van der Waals surface area contributed by atoms with E-state index in [0.717, 1.165) is 24.4 Å². The smallest absolute Gasteiger partial charge is 0.130 e. The molecule has 118 valence electrons. The van der Waals surface area contributed by atoms with Gasteiger partial charge in [-0.15, -0.1) is 0 Å². The van der Waals surface area contributed by atoms with Gasteiger partial charge >= 0.3 is 0 Å². The number of aliphatic imine (C=N–C) groups is 1. The van der Waals surface area contributed by atoms with Gasteiger partial charge < -0.3 is 14.1 Å². The molecule has 0 N–H and O–H groups in total. The second kappa shape index (κ2) is 6.53. The number of allylic oxidation sites excluding steroid dienone is 3. The molecule has 1 aromatic heterocycles. The molecule has 0 saturated carbocycles. The molecule has 0 aliphatic carbocycles. The second-order valence-corrected chi connectivity index (χ2v) is 6.19. The van der Waals surface area contributed by atoms with E-state index in [9.17, 15) is 0 Å². The van der Waals surface area contributed by atoms with Crippen molar-refractivity contribution in [1.29, 1.82) is 0 Å². The Morgan fingerprint density at radius 2 is 2.27 bits per heavy atom. The van der Waals surface area contributed by atoms with Gasteiger partial charge in [0.05, 0.1) is 18.9 Å². The van der Waals surface area contributed by atoms with Crippen LogP contribution in [0, 0.1) is 5.92 Å². The Labute approximate surface area is 132 Å². The highest BCUT2D eigenvalue weighted by Crippen LogP contribution is 2.37. The molecular weight excluding hydrogens is 276 g/mol. The van der Waals surface area contributed by atoms with Crippen LogP contribution < -0.4 is 0 Å². The van der Waals surface area contributed by atoms with E-state index in [1.165, 1.54) is 5.70 Å². The van der Waals surface area contributed by atoms with Crippen LogP contribution in [0.15, 0.2) is 51.7 Å². The zero-order chi connectivity index (χ0) is 15.5. The van der Waals surface area contributed by atoms with E-state index in [4.69, 9.17) is 14.1 Å². The maximum Gasteiger partial charge on any atom is 0.130 e. The van der Waals surface area contributed by atoms with Crippen molar-refractivity contribution in [3.05, 3.63) is 48.1 Å². The van der Waals surface area contributed by atoms with Gasteiger partial charge in [0.15, 0.2) is 0 Å². The van der Waals surface area contributed by atoms with E-state index in [1.807, 2.05) is 12.1 Å². The summed E-state index contributed by atoms with van der Waals surface area (Å²) in [4.78, 5) is 7.33. The number of fused-ring (bicyclic) bond motifs is 1. The van der Waals surface area contributed by atoms with Crippen LogP contribution >= 0.6 is 0 Å². The van der Waals surface area contributed by atoms with Crippen LogP contribution in [0.2, 0.25) is 0 Å². The van der Waals surface area contributed by atoms with Gasteiger partial charge in [-0.3, -0.25) is 4.99 Å².